The number of dihydropyridines is 1. The molecule has 0 spiro atoms. The van der Waals surface area contributed by atoms with E-state index in [9.17, 15) is 24.5 Å². The van der Waals surface area contributed by atoms with E-state index in [1.54, 1.807) is 26.8 Å². The van der Waals surface area contributed by atoms with Crippen molar-refractivity contribution in [1.29, 1.82) is 0 Å². The standard InChI is InChI=1S/C24H31N3O7/c1-7-13(3)21(24(30)34-8-2)26-22(28)18-14(4)25-15(5)19(23(29)33-6)20(18)16-10-9-11-17(12-16)27(31)32/h9-13,20-21,25H,7-8H2,1-6H3,(H,26,28)/t13-,20-,21-/m0/s1. The van der Waals surface area contributed by atoms with Crippen LogP contribution in [0.4, 0.5) is 5.69 Å². The molecule has 34 heavy (non-hydrogen) atoms. The molecule has 1 amide bonds. The predicted octanol–water partition coefficient (Wildman–Crippen LogP) is 3.10. The van der Waals surface area contributed by atoms with E-state index >= 15 is 0 Å². The van der Waals surface area contributed by atoms with Crippen LogP contribution in [0.25, 0.3) is 0 Å². The normalized spacial score (nSPS) is 17.4. The van der Waals surface area contributed by atoms with Crippen molar-refractivity contribution in [1.82, 2.24) is 10.6 Å². The molecule has 0 saturated carbocycles. The van der Waals surface area contributed by atoms with Crippen LogP contribution in [0.5, 0.6) is 0 Å². The van der Waals surface area contributed by atoms with E-state index in [1.165, 1.54) is 25.3 Å². The summed E-state index contributed by atoms with van der Waals surface area (Å²) < 4.78 is 10.1. The lowest BCUT2D eigenvalue weighted by molar-refractivity contribution is -0.384. The zero-order chi connectivity index (χ0) is 25.6. The molecule has 0 saturated heterocycles. The number of benzene rings is 1. The molecular weight excluding hydrogens is 442 g/mol. The van der Waals surface area contributed by atoms with E-state index in [-0.39, 0.29) is 29.4 Å². The molecule has 3 atom stereocenters. The van der Waals surface area contributed by atoms with Gasteiger partial charge >= 0.3 is 11.9 Å². The lowest BCUT2D eigenvalue weighted by Crippen LogP contribution is -2.48. The summed E-state index contributed by atoms with van der Waals surface area (Å²) in [6.07, 6.45) is 0.612. The highest BCUT2D eigenvalue weighted by atomic mass is 16.6. The van der Waals surface area contributed by atoms with Crippen molar-refractivity contribution in [2.45, 2.75) is 53.0 Å². The third-order valence-corrected chi connectivity index (χ3v) is 5.86. The Morgan fingerprint density at radius 1 is 1.18 bits per heavy atom. The van der Waals surface area contributed by atoms with Gasteiger partial charge in [-0.3, -0.25) is 14.9 Å². The summed E-state index contributed by atoms with van der Waals surface area (Å²) in [5.74, 6) is -2.99. The fraction of sp³-hybridized carbons (Fsp3) is 0.458. The number of hydrogen-bond acceptors (Lipinski definition) is 8. The van der Waals surface area contributed by atoms with E-state index in [1.807, 2.05) is 13.8 Å². The van der Waals surface area contributed by atoms with Gasteiger partial charge < -0.3 is 20.1 Å². The van der Waals surface area contributed by atoms with Gasteiger partial charge in [-0.1, -0.05) is 32.4 Å². The minimum atomic E-state index is -0.951. The Morgan fingerprint density at radius 3 is 2.38 bits per heavy atom. The maximum atomic E-state index is 13.6. The van der Waals surface area contributed by atoms with E-state index in [4.69, 9.17) is 9.47 Å². The Bertz CT molecular complexity index is 1040. The van der Waals surface area contributed by atoms with Gasteiger partial charge in [-0.05, 0) is 32.3 Å². The molecule has 2 N–H and O–H groups in total. The number of methoxy groups -OCH3 is 1. The summed E-state index contributed by atoms with van der Waals surface area (Å²) in [7, 11) is 1.22. The number of allylic oxidation sites excluding steroid dienone is 2. The number of nitrogens with zero attached hydrogens (tertiary/aromatic N) is 1. The van der Waals surface area contributed by atoms with Gasteiger partial charge in [-0.25, -0.2) is 9.59 Å². The van der Waals surface area contributed by atoms with E-state index < -0.39 is 34.7 Å². The van der Waals surface area contributed by atoms with Crippen LogP contribution in [0.1, 0.15) is 52.5 Å². The first-order chi connectivity index (χ1) is 16.1. The van der Waals surface area contributed by atoms with Crippen LogP contribution in [0.15, 0.2) is 46.8 Å². The summed E-state index contributed by atoms with van der Waals surface area (Å²) in [6.45, 7) is 8.89. The van der Waals surface area contributed by atoms with Gasteiger partial charge in [-0.2, -0.15) is 0 Å². The molecule has 1 aromatic carbocycles. The van der Waals surface area contributed by atoms with Crippen molar-refractivity contribution in [3.63, 3.8) is 0 Å². The second kappa shape index (κ2) is 11.4. The molecule has 0 aromatic heterocycles. The number of non-ortho nitro benzene ring substituents is 1. The third-order valence-electron chi connectivity index (χ3n) is 5.86. The number of carbonyl (C=O) groups is 3. The van der Waals surface area contributed by atoms with Gasteiger partial charge in [0.2, 0.25) is 0 Å². The van der Waals surface area contributed by atoms with Gasteiger partial charge in [0.15, 0.2) is 0 Å². The van der Waals surface area contributed by atoms with E-state index in [0.29, 0.717) is 23.4 Å². The quantitative estimate of drug-likeness (QED) is 0.317. The molecular formula is C24H31N3O7. The average molecular weight is 474 g/mol. The lowest BCUT2D eigenvalue weighted by atomic mass is 9.79. The molecule has 1 heterocycles. The first-order valence-corrected chi connectivity index (χ1v) is 11.1. The Hall–Kier alpha value is -3.69. The van der Waals surface area contributed by atoms with Crippen LogP contribution < -0.4 is 10.6 Å². The SMILES string of the molecule is CCOC(=O)[C@@H](NC(=O)C1=C(C)NC(C)=C(C(=O)OC)[C@H]1c1cccc([N+](=O)[O-])c1)[C@@H](C)CC. The van der Waals surface area contributed by atoms with Crippen LogP contribution in [0.2, 0.25) is 0 Å². The second-order valence-corrected chi connectivity index (χ2v) is 8.07. The number of amides is 1. The Morgan fingerprint density at radius 2 is 1.82 bits per heavy atom. The van der Waals surface area contributed by atoms with Gasteiger partial charge in [0.05, 0.1) is 30.1 Å². The molecule has 0 aliphatic carbocycles. The first-order valence-electron chi connectivity index (χ1n) is 11.1. The molecule has 1 aliphatic heterocycles. The lowest BCUT2D eigenvalue weighted by Gasteiger charge is -2.32. The zero-order valence-corrected chi connectivity index (χ0v) is 20.3. The maximum Gasteiger partial charge on any atom is 0.336 e. The van der Waals surface area contributed by atoms with Crippen molar-refractivity contribution in [2.24, 2.45) is 5.92 Å². The number of hydrogen-bond donors (Lipinski definition) is 2. The first kappa shape index (κ1) is 26.6. The minimum Gasteiger partial charge on any atom is -0.466 e. The van der Waals surface area contributed by atoms with Crippen LogP contribution in [-0.2, 0) is 23.9 Å². The summed E-state index contributed by atoms with van der Waals surface area (Å²) in [5.41, 5.74) is 1.40. The number of nitro groups is 1. The molecule has 0 unspecified atom stereocenters. The number of ether oxygens (including phenoxy) is 2. The predicted molar refractivity (Wildman–Crippen MR) is 124 cm³/mol. The van der Waals surface area contributed by atoms with Crippen LogP contribution in [-0.4, -0.2) is 42.5 Å². The number of carbonyl (C=O) groups excluding carboxylic acids is 3. The number of nitro benzene ring substituents is 1. The number of esters is 2. The Labute approximate surface area is 198 Å². The highest BCUT2D eigenvalue weighted by molar-refractivity contribution is 6.03. The molecule has 1 aromatic rings. The Balaban J connectivity index is 2.62. The molecule has 10 nitrogen and oxygen atoms in total. The van der Waals surface area contributed by atoms with Gasteiger partial charge in [0, 0.05) is 29.1 Å². The maximum absolute atomic E-state index is 13.6. The molecule has 0 radical (unpaired) electrons. The third kappa shape index (κ3) is 5.62. The van der Waals surface area contributed by atoms with Crippen LogP contribution in [0, 0.1) is 16.0 Å². The van der Waals surface area contributed by atoms with E-state index in [2.05, 4.69) is 10.6 Å². The summed E-state index contributed by atoms with van der Waals surface area (Å²) >= 11 is 0. The molecule has 10 heteroatoms. The molecule has 0 fully saturated rings. The largest absolute Gasteiger partial charge is 0.466 e. The van der Waals surface area contributed by atoms with Gasteiger partial charge in [0.1, 0.15) is 6.04 Å². The van der Waals surface area contributed by atoms with Crippen molar-refractivity contribution in [3.05, 3.63) is 62.5 Å². The molecule has 1 aliphatic rings. The highest BCUT2D eigenvalue weighted by Gasteiger charge is 2.39. The molecule has 184 valence electrons. The van der Waals surface area contributed by atoms with Crippen molar-refractivity contribution in [3.8, 4) is 0 Å². The van der Waals surface area contributed by atoms with Crippen molar-refractivity contribution < 1.29 is 28.8 Å². The molecule has 2 rings (SSSR count). The van der Waals surface area contributed by atoms with Gasteiger partial charge in [-0.15, -0.1) is 0 Å². The fourth-order valence-corrected chi connectivity index (χ4v) is 3.95. The van der Waals surface area contributed by atoms with Crippen LogP contribution >= 0.6 is 0 Å². The highest BCUT2D eigenvalue weighted by Crippen LogP contribution is 2.39. The Kier molecular flexibility index (Phi) is 8.94. The second-order valence-electron chi connectivity index (χ2n) is 8.07. The van der Waals surface area contributed by atoms with Crippen LogP contribution in [0.3, 0.4) is 0 Å². The number of rotatable bonds is 9. The smallest absolute Gasteiger partial charge is 0.336 e. The van der Waals surface area contributed by atoms with Crippen molar-refractivity contribution in [2.75, 3.05) is 13.7 Å². The fourth-order valence-electron chi connectivity index (χ4n) is 3.95. The number of nitrogens with one attached hydrogen (secondary N) is 2. The van der Waals surface area contributed by atoms with E-state index in [0.717, 1.165) is 0 Å². The average Bonchev–Trinajstić information content (AvgIpc) is 2.81. The summed E-state index contributed by atoms with van der Waals surface area (Å²) in [6, 6.07) is 4.85. The monoisotopic (exact) mass is 473 g/mol. The van der Waals surface area contributed by atoms with Crippen molar-refractivity contribution >= 4 is 23.5 Å². The topological polar surface area (TPSA) is 137 Å². The van der Waals surface area contributed by atoms with Gasteiger partial charge in [0.25, 0.3) is 11.6 Å². The minimum absolute atomic E-state index is 0.148. The summed E-state index contributed by atoms with van der Waals surface area (Å²) in [5, 5.41) is 17.2. The zero-order valence-electron chi connectivity index (χ0n) is 20.3. The summed E-state index contributed by atoms with van der Waals surface area (Å²) in [4.78, 5) is 49.7. The molecule has 0 bridgehead atoms.